The van der Waals surface area contributed by atoms with Gasteiger partial charge in [-0.1, -0.05) is 18.0 Å². The zero-order valence-corrected chi connectivity index (χ0v) is 26.1. The minimum absolute atomic E-state index is 0.00208. The zero-order valence-electron chi connectivity index (χ0n) is 24.5. The SMILES string of the molecule is COc1ccc(S(=O)(=O)N2C(=O)[C@](c3cccnc3OC)(N3CCCCC3C(=O)N(C)C)c3cc(Cl)ccc32)c(OC)c1. The lowest BCUT2D eigenvalue weighted by atomic mass is 9.79. The first kappa shape index (κ1) is 30.6. The molecule has 228 valence electrons. The second-order valence-electron chi connectivity index (χ2n) is 10.5. The van der Waals surface area contributed by atoms with Crippen LogP contribution in [0.2, 0.25) is 5.02 Å². The normalized spacial score (nSPS) is 20.5. The fourth-order valence-electron chi connectivity index (χ4n) is 6.08. The van der Waals surface area contributed by atoms with Gasteiger partial charge in [-0.05, 0) is 55.3 Å². The summed E-state index contributed by atoms with van der Waals surface area (Å²) in [6, 6.07) is 11.4. The molecule has 0 spiro atoms. The molecule has 1 saturated heterocycles. The highest BCUT2D eigenvalue weighted by Crippen LogP contribution is 2.54. The third-order valence-electron chi connectivity index (χ3n) is 7.96. The van der Waals surface area contributed by atoms with Gasteiger partial charge in [-0.15, -0.1) is 0 Å². The van der Waals surface area contributed by atoms with E-state index >= 15 is 4.79 Å². The molecule has 43 heavy (non-hydrogen) atoms. The number of likely N-dealkylation sites (N-methyl/N-ethyl adjacent to an activating group) is 1. The van der Waals surface area contributed by atoms with Crippen LogP contribution in [0.25, 0.3) is 0 Å². The molecule has 5 rings (SSSR count). The Hall–Kier alpha value is -3.87. The Morgan fingerprint density at radius 3 is 2.47 bits per heavy atom. The summed E-state index contributed by atoms with van der Waals surface area (Å²) in [6.45, 7) is 0.319. The number of hydrogen-bond acceptors (Lipinski definition) is 9. The maximum absolute atomic E-state index is 15.2. The number of sulfonamides is 1. The van der Waals surface area contributed by atoms with Gasteiger partial charge in [0.25, 0.3) is 15.9 Å². The summed E-state index contributed by atoms with van der Waals surface area (Å²) in [6.07, 6.45) is 3.40. The average Bonchev–Trinajstić information content (AvgIpc) is 3.28. The van der Waals surface area contributed by atoms with E-state index in [-0.39, 0.29) is 33.1 Å². The molecule has 1 fully saturated rings. The monoisotopic (exact) mass is 628 g/mol. The van der Waals surface area contributed by atoms with E-state index in [1.54, 1.807) is 37.2 Å². The maximum Gasteiger partial charge on any atom is 0.274 e. The van der Waals surface area contributed by atoms with Crippen LogP contribution >= 0.6 is 11.6 Å². The molecule has 0 aliphatic carbocycles. The number of nitrogens with zero attached hydrogens (tertiary/aromatic N) is 4. The van der Waals surface area contributed by atoms with Crippen molar-refractivity contribution in [1.29, 1.82) is 0 Å². The molecular weight excluding hydrogens is 596 g/mol. The van der Waals surface area contributed by atoms with E-state index in [1.807, 2.05) is 0 Å². The van der Waals surface area contributed by atoms with Crippen molar-refractivity contribution in [3.63, 3.8) is 0 Å². The van der Waals surface area contributed by atoms with E-state index in [1.165, 1.54) is 62.8 Å². The predicted octanol–water partition coefficient (Wildman–Crippen LogP) is 3.68. The van der Waals surface area contributed by atoms with Gasteiger partial charge < -0.3 is 19.1 Å². The lowest BCUT2D eigenvalue weighted by Gasteiger charge is -2.47. The van der Waals surface area contributed by atoms with Crippen molar-refractivity contribution < 1.29 is 32.2 Å². The molecule has 2 atom stereocenters. The summed E-state index contributed by atoms with van der Waals surface area (Å²) >= 11 is 6.55. The fourth-order valence-corrected chi connectivity index (χ4v) is 7.85. The van der Waals surface area contributed by atoms with Gasteiger partial charge in [0.15, 0.2) is 5.54 Å². The molecule has 2 aliphatic rings. The molecule has 0 bridgehead atoms. The van der Waals surface area contributed by atoms with Crippen LogP contribution in [0.1, 0.15) is 30.4 Å². The van der Waals surface area contributed by atoms with Crippen LogP contribution in [-0.2, 0) is 25.2 Å². The van der Waals surface area contributed by atoms with Crippen LogP contribution in [0.3, 0.4) is 0 Å². The molecule has 1 unspecified atom stereocenters. The van der Waals surface area contributed by atoms with Gasteiger partial charge in [-0.3, -0.25) is 14.5 Å². The van der Waals surface area contributed by atoms with Gasteiger partial charge in [-0.25, -0.2) is 17.7 Å². The first-order valence-electron chi connectivity index (χ1n) is 13.6. The number of pyridine rings is 1. The Kier molecular flexibility index (Phi) is 8.30. The molecule has 3 aromatic rings. The van der Waals surface area contributed by atoms with Crippen LogP contribution < -0.4 is 18.5 Å². The molecule has 0 radical (unpaired) electrons. The predicted molar refractivity (Wildman–Crippen MR) is 160 cm³/mol. The lowest BCUT2D eigenvalue weighted by molar-refractivity contribution is -0.142. The van der Waals surface area contributed by atoms with Gasteiger partial charge in [0.2, 0.25) is 11.8 Å². The highest BCUT2D eigenvalue weighted by atomic mass is 35.5. The standard InChI is InChI=1S/C30H33ClN4O7S/c1-33(2)28(36)24-10-6-7-16-34(24)30(21-9-8-15-32-27(21)42-5)22-17-19(31)11-13-23(22)35(29(30)37)43(38,39)26-14-12-20(40-3)18-25(26)41-4/h8-9,11-15,17-18,24H,6-7,10,16H2,1-5H3/t24?,30-/m1/s1. The molecule has 3 heterocycles. The highest BCUT2D eigenvalue weighted by molar-refractivity contribution is 7.93. The Balaban J connectivity index is 1.86. The average molecular weight is 629 g/mol. The van der Waals surface area contributed by atoms with Crippen molar-refractivity contribution in [2.75, 3.05) is 46.3 Å². The number of rotatable bonds is 8. The van der Waals surface area contributed by atoms with Crippen LogP contribution in [0, 0.1) is 0 Å². The Morgan fingerprint density at radius 1 is 1.02 bits per heavy atom. The minimum atomic E-state index is -4.60. The van der Waals surface area contributed by atoms with E-state index in [0.717, 1.165) is 10.7 Å². The summed E-state index contributed by atoms with van der Waals surface area (Å²) in [5, 5.41) is 0.285. The van der Waals surface area contributed by atoms with Crippen LogP contribution in [-0.4, -0.2) is 83.0 Å². The fraction of sp³-hybridized carbons (Fsp3) is 0.367. The Bertz CT molecular complexity index is 1680. The Labute approximate surface area is 256 Å². The summed E-state index contributed by atoms with van der Waals surface area (Å²) < 4.78 is 46.2. The van der Waals surface area contributed by atoms with Crippen molar-refractivity contribution in [2.24, 2.45) is 0 Å². The number of anilines is 1. The van der Waals surface area contributed by atoms with Gasteiger partial charge >= 0.3 is 0 Å². The van der Waals surface area contributed by atoms with Crippen molar-refractivity contribution in [3.8, 4) is 17.4 Å². The molecule has 2 amide bonds. The molecule has 2 aromatic carbocycles. The van der Waals surface area contributed by atoms with E-state index in [0.29, 0.717) is 36.3 Å². The summed E-state index contributed by atoms with van der Waals surface area (Å²) in [4.78, 5) is 36.3. The molecule has 11 nitrogen and oxygen atoms in total. The van der Waals surface area contributed by atoms with Crippen LogP contribution in [0.15, 0.2) is 59.6 Å². The van der Waals surface area contributed by atoms with Crippen molar-refractivity contribution in [3.05, 3.63) is 70.9 Å². The zero-order chi connectivity index (χ0) is 31.1. The number of carbonyl (C=O) groups is 2. The van der Waals surface area contributed by atoms with E-state index < -0.39 is 27.5 Å². The number of methoxy groups -OCH3 is 3. The largest absolute Gasteiger partial charge is 0.497 e. The van der Waals surface area contributed by atoms with Crippen LogP contribution in [0.4, 0.5) is 5.69 Å². The second kappa shape index (κ2) is 11.7. The minimum Gasteiger partial charge on any atom is -0.497 e. The van der Waals surface area contributed by atoms with Gasteiger partial charge in [0.05, 0.1) is 33.1 Å². The van der Waals surface area contributed by atoms with E-state index in [4.69, 9.17) is 25.8 Å². The topological polar surface area (TPSA) is 119 Å². The van der Waals surface area contributed by atoms with Crippen LogP contribution in [0.5, 0.6) is 17.4 Å². The molecule has 1 aromatic heterocycles. The molecule has 13 heteroatoms. The first-order valence-corrected chi connectivity index (χ1v) is 15.4. The number of benzene rings is 2. The maximum atomic E-state index is 15.2. The number of hydrogen-bond donors (Lipinski definition) is 0. The number of carbonyl (C=O) groups excluding carboxylic acids is 2. The number of ether oxygens (including phenoxy) is 3. The molecule has 2 aliphatic heterocycles. The molecule has 0 saturated carbocycles. The number of fused-ring (bicyclic) bond motifs is 1. The highest BCUT2D eigenvalue weighted by Gasteiger charge is 2.63. The lowest BCUT2D eigenvalue weighted by Crippen LogP contribution is -2.62. The third kappa shape index (κ3) is 4.77. The van der Waals surface area contributed by atoms with Gasteiger partial charge in [0.1, 0.15) is 16.4 Å². The Morgan fingerprint density at radius 2 is 1.79 bits per heavy atom. The third-order valence-corrected chi connectivity index (χ3v) is 9.94. The number of likely N-dealkylation sites (tertiary alicyclic amines) is 1. The number of halogens is 1. The number of piperidine rings is 1. The van der Waals surface area contributed by atoms with E-state index in [9.17, 15) is 13.2 Å². The summed E-state index contributed by atoms with van der Waals surface area (Å²) in [7, 11) is 2.92. The van der Waals surface area contributed by atoms with Gasteiger partial charge in [-0.2, -0.15) is 0 Å². The molecular formula is C30H33ClN4O7S. The van der Waals surface area contributed by atoms with E-state index in [2.05, 4.69) is 4.98 Å². The van der Waals surface area contributed by atoms with Gasteiger partial charge in [0, 0.05) is 49.1 Å². The number of amides is 2. The van der Waals surface area contributed by atoms with Crippen molar-refractivity contribution in [2.45, 2.75) is 35.7 Å². The summed E-state index contributed by atoms with van der Waals surface area (Å²) in [5.41, 5.74) is -1.14. The second-order valence-corrected chi connectivity index (χ2v) is 12.7. The smallest absolute Gasteiger partial charge is 0.274 e. The quantitative estimate of drug-likeness (QED) is 0.368. The summed E-state index contributed by atoms with van der Waals surface area (Å²) in [5.74, 6) is -0.533. The first-order chi connectivity index (χ1) is 20.5. The molecule has 0 N–H and O–H groups in total. The van der Waals surface area contributed by atoms with Crippen molar-refractivity contribution >= 4 is 39.1 Å². The number of aromatic nitrogens is 1. The van der Waals surface area contributed by atoms with Crippen molar-refractivity contribution in [1.82, 2.24) is 14.8 Å².